The number of anilines is 1. The predicted molar refractivity (Wildman–Crippen MR) is 140 cm³/mol. The molecule has 1 aromatic heterocycles. The Labute approximate surface area is 231 Å². The van der Waals surface area contributed by atoms with Crippen molar-refractivity contribution in [3.8, 4) is 0 Å². The zero-order valence-electron chi connectivity index (χ0n) is 21.4. The summed E-state index contributed by atoms with van der Waals surface area (Å²) in [6.45, 7) is 0.688. The highest BCUT2D eigenvalue weighted by atomic mass is 31.2. The van der Waals surface area contributed by atoms with Gasteiger partial charge in [-0.1, -0.05) is 0 Å². The third-order valence-corrected chi connectivity index (χ3v) is 10.6. The number of rotatable bonds is 10. The van der Waals surface area contributed by atoms with Crippen LogP contribution in [0.25, 0.3) is 10.9 Å². The molecule has 41 heavy (non-hydrogen) atoms. The molecule has 1 aromatic carbocycles. The fourth-order valence-corrected chi connectivity index (χ4v) is 6.53. The lowest BCUT2D eigenvalue weighted by Gasteiger charge is -2.30. The second-order valence-corrected chi connectivity index (χ2v) is 13.6. The van der Waals surface area contributed by atoms with Crippen LogP contribution in [0.5, 0.6) is 0 Å². The fraction of sp³-hybridized carbons (Fsp3) is 0.500. The quantitative estimate of drug-likeness (QED) is 0.106. The summed E-state index contributed by atoms with van der Waals surface area (Å²) in [5.74, 6) is -1.78. The van der Waals surface area contributed by atoms with Crippen molar-refractivity contribution >= 4 is 43.8 Å². The van der Waals surface area contributed by atoms with E-state index in [2.05, 4.69) is 10.1 Å². The van der Waals surface area contributed by atoms with Crippen LogP contribution in [0.2, 0.25) is 0 Å². The standard InChI is InChI=1S/C22H29FN4O12P2/c23-16-9-14-17(10-18(16)26-7-5-24-6-8-26)27(13-1-2-13)11-15(19(14)28)20(29)38-12-39-21(30)25-4-3-22(31,40(32,33)34)41(35,36)37/h9-11,13,24,31H,1-8,12H2,(H,25,30)(H2,32,33,34)(H2,35,36,37). The molecule has 1 aliphatic carbocycles. The summed E-state index contributed by atoms with van der Waals surface area (Å²) in [7, 11) is -11.4. The molecular weight excluding hydrogens is 593 g/mol. The lowest BCUT2D eigenvalue weighted by Crippen LogP contribution is -2.43. The molecule has 0 spiro atoms. The SMILES string of the molecule is O=C(NCCC(O)(P(=O)(O)O)P(=O)(O)O)OCOC(=O)c1cn(C2CC2)c2cc(N3CCNCC3)c(F)cc2c1=O. The molecular formula is C22H29FN4O12P2. The van der Waals surface area contributed by atoms with Gasteiger partial charge in [0.15, 0.2) is 0 Å². The van der Waals surface area contributed by atoms with Crippen molar-refractivity contribution in [3.63, 3.8) is 0 Å². The lowest BCUT2D eigenvalue weighted by atomic mass is 10.1. The van der Waals surface area contributed by atoms with Crippen LogP contribution in [0.1, 0.15) is 35.7 Å². The van der Waals surface area contributed by atoms with Crippen molar-refractivity contribution in [2.45, 2.75) is 30.4 Å². The molecule has 2 fully saturated rings. The van der Waals surface area contributed by atoms with Crippen molar-refractivity contribution in [3.05, 3.63) is 39.9 Å². The number of amides is 1. The number of carbonyl (C=O) groups is 2. The number of esters is 1. The maximum absolute atomic E-state index is 15.1. The van der Waals surface area contributed by atoms with E-state index >= 15 is 4.39 Å². The summed E-state index contributed by atoms with van der Waals surface area (Å²) < 4.78 is 48.9. The number of benzene rings is 1. The maximum atomic E-state index is 15.1. The molecule has 1 aliphatic heterocycles. The van der Waals surface area contributed by atoms with Gasteiger partial charge < -0.3 is 54.3 Å². The molecule has 2 aliphatic rings. The number of halogens is 1. The fourth-order valence-electron chi connectivity index (χ4n) is 4.37. The molecule has 1 saturated heterocycles. The average molecular weight is 622 g/mol. The Hall–Kier alpha value is -2.88. The van der Waals surface area contributed by atoms with Crippen molar-refractivity contribution in [1.29, 1.82) is 0 Å². The first-order valence-electron chi connectivity index (χ1n) is 12.4. The molecule has 1 amide bonds. The van der Waals surface area contributed by atoms with E-state index in [4.69, 9.17) is 24.3 Å². The second kappa shape index (κ2) is 11.8. The summed E-state index contributed by atoms with van der Waals surface area (Å²) in [6.07, 6.45) is 0.328. The number of alkyl carbamates (subject to hydrolysis) is 1. The molecule has 1 saturated carbocycles. The van der Waals surface area contributed by atoms with Crippen LogP contribution >= 0.6 is 15.2 Å². The van der Waals surface area contributed by atoms with E-state index in [9.17, 15) is 28.6 Å². The van der Waals surface area contributed by atoms with Crippen LogP contribution in [0.15, 0.2) is 23.1 Å². The Morgan fingerprint density at radius 3 is 2.32 bits per heavy atom. The minimum absolute atomic E-state index is 0.00653. The Kier molecular flexibility index (Phi) is 8.92. The van der Waals surface area contributed by atoms with E-state index in [0.29, 0.717) is 37.4 Å². The third-order valence-electron chi connectivity index (χ3n) is 6.76. The first-order chi connectivity index (χ1) is 19.1. The third kappa shape index (κ3) is 6.63. The van der Waals surface area contributed by atoms with Gasteiger partial charge in [-0.15, -0.1) is 0 Å². The van der Waals surface area contributed by atoms with E-state index in [1.165, 1.54) is 6.20 Å². The first kappa shape index (κ1) is 31.1. The highest BCUT2D eigenvalue weighted by molar-refractivity contribution is 7.72. The Morgan fingerprint density at radius 1 is 1.10 bits per heavy atom. The number of aliphatic hydroxyl groups is 1. The number of piperazine rings is 1. The zero-order valence-corrected chi connectivity index (χ0v) is 23.2. The van der Waals surface area contributed by atoms with Gasteiger partial charge in [-0.3, -0.25) is 13.9 Å². The Morgan fingerprint density at radius 2 is 1.73 bits per heavy atom. The van der Waals surface area contributed by atoms with Crippen molar-refractivity contribution < 1.29 is 57.3 Å². The highest BCUT2D eigenvalue weighted by Gasteiger charge is 2.58. The van der Waals surface area contributed by atoms with Crippen LogP contribution in [0.4, 0.5) is 14.9 Å². The van der Waals surface area contributed by atoms with Gasteiger partial charge in [0.25, 0.3) is 5.08 Å². The number of pyridine rings is 1. The number of fused-ring (bicyclic) bond motifs is 1. The molecule has 226 valence electrons. The van der Waals surface area contributed by atoms with E-state index in [1.807, 2.05) is 10.2 Å². The van der Waals surface area contributed by atoms with Crippen LogP contribution in [-0.4, -0.2) is 85.9 Å². The molecule has 0 unspecified atom stereocenters. The number of hydrogen-bond acceptors (Lipinski definition) is 10. The number of nitrogens with one attached hydrogen (secondary N) is 2. The summed E-state index contributed by atoms with van der Waals surface area (Å²) >= 11 is 0. The van der Waals surface area contributed by atoms with Crippen molar-refractivity contribution in [1.82, 2.24) is 15.2 Å². The van der Waals surface area contributed by atoms with Gasteiger partial charge in [0.2, 0.25) is 12.2 Å². The number of ether oxygens (including phenoxy) is 2. The topological polar surface area (TPSA) is 237 Å². The Bertz CT molecular complexity index is 1470. The molecule has 16 nitrogen and oxygen atoms in total. The number of nitrogens with zero attached hydrogens (tertiary/aromatic N) is 2. The van der Waals surface area contributed by atoms with Gasteiger partial charge in [-0.2, -0.15) is 0 Å². The number of hydrogen-bond donors (Lipinski definition) is 7. The predicted octanol–water partition coefficient (Wildman–Crippen LogP) is 0.117. The van der Waals surface area contributed by atoms with Crippen LogP contribution < -0.4 is 21.0 Å². The summed E-state index contributed by atoms with van der Waals surface area (Å²) in [5, 5.41) is 11.1. The highest BCUT2D eigenvalue weighted by Crippen LogP contribution is 2.68. The Balaban J connectivity index is 1.42. The number of aromatic nitrogens is 1. The molecule has 0 atom stereocenters. The van der Waals surface area contributed by atoms with E-state index < -0.39 is 68.9 Å². The second-order valence-electron chi connectivity index (χ2n) is 9.59. The summed E-state index contributed by atoms with van der Waals surface area (Å²) in [5.41, 5.74) is -0.393. The molecule has 4 rings (SSSR count). The van der Waals surface area contributed by atoms with Crippen LogP contribution in [0, 0.1) is 5.82 Å². The summed E-state index contributed by atoms with van der Waals surface area (Å²) in [6, 6.07) is 2.68. The van der Waals surface area contributed by atoms with Crippen molar-refractivity contribution in [2.24, 2.45) is 0 Å². The van der Waals surface area contributed by atoms with Gasteiger partial charge in [0.1, 0.15) is 11.4 Å². The first-order valence-corrected chi connectivity index (χ1v) is 15.6. The van der Waals surface area contributed by atoms with Crippen LogP contribution in [0.3, 0.4) is 0 Å². The van der Waals surface area contributed by atoms with E-state index in [0.717, 1.165) is 18.9 Å². The molecule has 7 N–H and O–H groups in total. The molecule has 0 radical (unpaired) electrons. The van der Waals surface area contributed by atoms with Crippen molar-refractivity contribution in [2.75, 3.05) is 44.4 Å². The largest absolute Gasteiger partial charge is 0.424 e. The monoisotopic (exact) mass is 622 g/mol. The average Bonchev–Trinajstić information content (AvgIpc) is 3.73. The smallest absolute Gasteiger partial charge is 0.410 e. The van der Waals surface area contributed by atoms with E-state index in [-0.39, 0.29) is 11.4 Å². The molecule has 0 bridgehead atoms. The zero-order chi connectivity index (χ0) is 30.2. The normalized spacial score (nSPS) is 16.5. The molecule has 19 heteroatoms. The lowest BCUT2D eigenvalue weighted by molar-refractivity contribution is -0.00268. The maximum Gasteiger partial charge on any atom is 0.410 e. The van der Waals surface area contributed by atoms with Gasteiger partial charge in [0, 0.05) is 56.8 Å². The van der Waals surface area contributed by atoms with Gasteiger partial charge >= 0.3 is 27.3 Å². The molecule has 2 heterocycles. The summed E-state index contributed by atoms with van der Waals surface area (Å²) in [4.78, 5) is 75.9. The van der Waals surface area contributed by atoms with Gasteiger partial charge in [-0.25, -0.2) is 14.0 Å². The minimum Gasteiger partial charge on any atom is -0.424 e. The number of carbonyl (C=O) groups excluding carboxylic acids is 2. The van der Waals surface area contributed by atoms with Gasteiger partial charge in [0.05, 0.1) is 11.2 Å². The van der Waals surface area contributed by atoms with Crippen LogP contribution in [-0.2, 0) is 18.6 Å². The van der Waals surface area contributed by atoms with Gasteiger partial charge in [-0.05, 0) is 25.0 Å². The van der Waals surface area contributed by atoms with E-state index in [1.54, 1.807) is 10.6 Å². The minimum atomic E-state index is -5.71. The molecule has 2 aromatic rings.